The number of carbonyl (C=O) groups is 2. The van der Waals surface area contributed by atoms with Crippen LogP contribution in [0.3, 0.4) is 0 Å². The van der Waals surface area contributed by atoms with Crippen LogP contribution in [0.2, 0.25) is 0 Å². The van der Waals surface area contributed by atoms with Gasteiger partial charge in [-0.3, -0.25) is 4.79 Å². The highest BCUT2D eigenvalue weighted by molar-refractivity contribution is 6.07. The second-order valence-corrected chi connectivity index (χ2v) is 6.87. The van der Waals surface area contributed by atoms with Gasteiger partial charge in [-0.2, -0.15) is 0 Å². The molecule has 5 heteroatoms. The predicted octanol–water partition coefficient (Wildman–Crippen LogP) is 1.43. The van der Waals surface area contributed by atoms with Gasteiger partial charge >= 0.3 is 6.03 Å². The minimum Gasteiger partial charge on any atom is -0.319 e. The molecule has 0 spiro atoms. The second-order valence-electron chi connectivity index (χ2n) is 6.87. The van der Waals surface area contributed by atoms with Gasteiger partial charge in [0.1, 0.15) is 12.1 Å². The summed E-state index contributed by atoms with van der Waals surface area (Å²) in [5.41, 5.74) is 2.24. The van der Waals surface area contributed by atoms with Crippen molar-refractivity contribution >= 4 is 11.9 Å². The van der Waals surface area contributed by atoms with E-state index < -0.39 is 5.54 Å². The van der Waals surface area contributed by atoms with Gasteiger partial charge in [0, 0.05) is 5.56 Å². The molecule has 0 aliphatic carbocycles. The van der Waals surface area contributed by atoms with Crippen LogP contribution in [-0.2, 0) is 16.9 Å². The van der Waals surface area contributed by atoms with Crippen LogP contribution in [0.4, 0.5) is 4.79 Å². The van der Waals surface area contributed by atoms with Crippen molar-refractivity contribution in [2.45, 2.75) is 25.9 Å². The van der Waals surface area contributed by atoms with Crippen molar-refractivity contribution in [3.63, 3.8) is 0 Å². The highest BCUT2D eigenvalue weighted by atomic mass is 16.2. The third-order valence-corrected chi connectivity index (χ3v) is 4.81. The first-order chi connectivity index (χ1) is 11.9. The van der Waals surface area contributed by atoms with Crippen LogP contribution >= 0.6 is 0 Å². The lowest BCUT2D eigenvalue weighted by Crippen LogP contribution is -3.09. The summed E-state index contributed by atoms with van der Waals surface area (Å²) in [5, 5.41) is 2.85. The van der Waals surface area contributed by atoms with Crippen LogP contribution in [0.15, 0.2) is 54.6 Å². The largest absolute Gasteiger partial charge is 0.329 e. The molecule has 1 heterocycles. The van der Waals surface area contributed by atoms with Crippen molar-refractivity contribution in [3.05, 3.63) is 71.3 Å². The van der Waals surface area contributed by atoms with E-state index in [1.807, 2.05) is 49.5 Å². The first-order valence-corrected chi connectivity index (χ1v) is 8.47. The zero-order valence-corrected chi connectivity index (χ0v) is 14.9. The van der Waals surface area contributed by atoms with Crippen molar-refractivity contribution in [1.29, 1.82) is 0 Å². The van der Waals surface area contributed by atoms with E-state index >= 15 is 0 Å². The highest BCUT2D eigenvalue weighted by Crippen LogP contribution is 2.27. The number of rotatable bonds is 5. The maximum Gasteiger partial charge on any atom is 0.329 e. The number of amides is 3. The summed E-state index contributed by atoms with van der Waals surface area (Å²) in [7, 11) is 1.99. The van der Waals surface area contributed by atoms with Gasteiger partial charge in [-0.1, -0.05) is 54.6 Å². The number of quaternary nitrogens is 1. The maximum absolute atomic E-state index is 12.9. The van der Waals surface area contributed by atoms with Gasteiger partial charge in [0.2, 0.25) is 0 Å². The van der Waals surface area contributed by atoms with Gasteiger partial charge in [-0.15, -0.1) is 0 Å². The molecular formula is C20H24N3O2+. The molecule has 0 radical (unpaired) electrons. The monoisotopic (exact) mass is 338 g/mol. The van der Waals surface area contributed by atoms with E-state index in [1.54, 1.807) is 6.92 Å². The standard InChI is InChI=1S/C20H23N3O2/c1-15-9-7-8-10-16(15)13-22(3)14-23-18(24)20(2,21-19(23)25)17-11-5-4-6-12-17/h4-12H,13-14H2,1-3H3,(H,21,25)/p+1/t20-/m1/s1. The van der Waals surface area contributed by atoms with Crippen LogP contribution in [0.1, 0.15) is 23.6 Å². The van der Waals surface area contributed by atoms with Crippen LogP contribution in [0.5, 0.6) is 0 Å². The molecule has 130 valence electrons. The van der Waals surface area contributed by atoms with Crippen molar-refractivity contribution < 1.29 is 14.5 Å². The summed E-state index contributed by atoms with van der Waals surface area (Å²) in [5.74, 6) is -0.201. The Balaban J connectivity index is 1.74. The molecule has 0 aromatic heterocycles. The van der Waals surface area contributed by atoms with Gasteiger partial charge in [-0.05, 0) is 25.0 Å². The molecule has 2 aromatic carbocycles. The summed E-state index contributed by atoms with van der Waals surface area (Å²) < 4.78 is 0. The number of nitrogens with one attached hydrogen (secondary N) is 2. The number of nitrogens with zero attached hydrogens (tertiary/aromatic N) is 1. The molecule has 1 unspecified atom stereocenters. The fourth-order valence-electron chi connectivity index (χ4n) is 3.27. The highest BCUT2D eigenvalue weighted by Gasteiger charge is 2.49. The number of aryl methyl sites for hydroxylation is 1. The van der Waals surface area contributed by atoms with E-state index in [0.29, 0.717) is 6.67 Å². The Kier molecular flexibility index (Phi) is 4.59. The Bertz CT molecular complexity index is 791. The molecule has 2 aromatic rings. The quantitative estimate of drug-likeness (QED) is 0.811. The van der Waals surface area contributed by atoms with Crippen LogP contribution in [-0.4, -0.2) is 30.6 Å². The molecular weight excluding hydrogens is 314 g/mol. The Morgan fingerprint density at radius 2 is 1.68 bits per heavy atom. The summed E-state index contributed by atoms with van der Waals surface area (Å²) in [6, 6.07) is 17.2. The third-order valence-electron chi connectivity index (χ3n) is 4.81. The summed E-state index contributed by atoms with van der Waals surface area (Å²) in [6.07, 6.45) is 0. The van der Waals surface area contributed by atoms with E-state index in [0.717, 1.165) is 17.0 Å². The molecule has 1 aliphatic rings. The van der Waals surface area contributed by atoms with Gasteiger partial charge in [0.05, 0.1) is 7.05 Å². The molecule has 25 heavy (non-hydrogen) atoms. The van der Waals surface area contributed by atoms with Gasteiger partial charge in [-0.25, -0.2) is 9.69 Å². The molecule has 3 amide bonds. The van der Waals surface area contributed by atoms with E-state index in [4.69, 9.17) is 0 Å². The average Bonchev–Trinajstić information content (AvgIpc) is 2.82. The minimum atomic E-state index is -0.999. The molecule has 5 nitrogen and oxygen atoms in total. The zero-order valence-electron chi connectivity index (χ0n) is 14.9. The van der Waals surface area contributed by atoms with Crippen molar-refractivity contribution in [1.82, 2.24) is 10.2 Å². The fourth-order valence-corrected chi connectivity index (χ4v) is 3.27. The summed E-state index contributed by atoms with van der Waals surface area (Å²) >= 11 is 0. The number of urea groups is 1. The van der Waals surface area contributed by atoms with Gasteiger partial charge in [0.25, 0.3) is 5.91 Å². The lowest BCUT2D eigenvalue weighted by Gasteiger charge is -2.23. The van der Waals surface area contributed by atoms with Crippen molar-refractivity contribution in [2.75, 3.05) is 13.7 Å². The average molecular weight is 338 g/mol. The smallest absolute Gasteiger partial charge is 0.319 e. The van der Waals surface area contributed by atoms with Gasteiger partial charge < -0.3 is 10.2 Å². The topological polar surface area (TPSA) is 53.9 Å². The summed E-state index contributed by atoms with van der Waals surface area (Å²) in [6.45, 7) is 4.93. The Morgan fingerprint density at radius 1 is 1.04 bits per heavy atom. The lowest BCUT2D eigenvalue weighted by atomic mass is 9.92. The number of imide groups is 1. The molecule has 0 saturated carbocycles. The van der Waals surface area contributed by atoms with Crippen molar-refractivity contribution in [3.8, 4) is 0 Å². The van der Waals surface area contributed by atoms with Crippen LogP contribution in [0.25, 0.3) is 0 Å². The van der Waals surface area contributed by atoms with E-state index in [1.165, 1.54) is 16.0 Å². The fraction of sp³-hybridized carbons (Fsp3) is 0.300. The predicted molar refractivity (Wildman–Crippen MR) is 95.8 cm³/mol. The molecule has 3 rings (SSSR count). The van der Waals surface area contributed by atoms with E-state index in [9.17, 15) is 9.59 Å². The number of hydrogen-bond acceptors (Lipinski definition) is 2. The first-order valence-electron chi connectivity index (χ1n) is 8.47. The van der Waals surface area contributed by atoms with Gasteiger partial charge in [0.15, 0.2) is 6.67 Å². The van der Waals surface area contributed by atoms with E-state index in [2.05, 4.69) is 24.4 Å². The number of hydrogen-bond donors (Lipinski definition) is 2. The molecule has 0 bridgehead atoms. The minimum absolute atomic E-state index is 0.201. The Hall–Kier alpha value is -2.66. The maximum atomic E-state index is 12.9. The van der Waals surface area contributed by atoms with Crippen LogP contribution < -0.4 is 10.2 Å². The normalized spacial score (nSPS) is 21.3. The number of benzene rings is 2. The van der Waals surface area contributed by atoms with E-state index in [-0.39, 0.29) is 11.9 Å². The molecule has 2 N–H and O–H groups in total. The molecule has 1 aliphatic heterocycles. The third kappa shape index (κ3) is 3.28. The Morgan fingerprint density at radius 3 is 2.36 bits per heavy atom. The summed E-state index contributed by atoms with van der Waals surface area (Å²) in [4.78, 5) is 27.7. The first kappa shape index (κ1) is 17.2. The lowest BCUT2D eigenvalue weighted by molar-refractivity contribution is -0.901. The molecule has 1 saturated heterocycles. The second kappa shape index (κ2) is 6.69. The van der Waals surface area contributed by atoms with Crippen molar-refractivity contribution in [2.24, 2.45) is 0 Å². The molecule has 2 atom stereocenters. The molecule has 1 fully saturated rings. The SMILES string of the molecule is Cc1ccccc1C[NH+](C)CN1C(=O)N[C@](C)(c2ccccc2)C1=O. The zero-order chi connectivity index (χ0) is 18.0. The number of carbonyl (C=O) groups excluding carboxylic acids is 2. The Labute approximate surface area is 148 Å². The van der Waals surface area contributed by atoms with Crippen LogP contribution in [0, 0.1) is 6.92 Å².